The van der Waals surface area contributed by atoms with Gasteiger partial charge in [0.05, 0.1) is 10.9 Å². The zero-order valence-corrected chi connectivity index (χ0v) is 15.5. The molecular formula is C22H22N4O2. The second kappa shape index (κ2) is 7.68. The van der Waals surface area contributed by atoms with Crippen molar-refractivity contribution < 1.29 is 5.21 Å². The molecule has 1 saturated carbocycles. The Morgan fingerprint density at radius 2 is 2.04 bits per heavy atom. The zero-order chi connectivity index (χ0) is 19.5. The number of aromatic nitrogens is 2. The first-order valence-corrected chi connectivity index (χ1v) is 9.40. The van der Waals surface area contributed by atoms with Crippen molar-refractivity contribution in [1.82, 2.24) is 9.55 Å². The summed E-state index contributed by atoms with van der Waals surface area (Å²) in [6.45, 7) is 0.628. The Labute approximate surface area is 162 Å². The summed E-state index contributed by atoms with van der Waals surface area (Å²) in [5.41, 5.74) is 8.22. The molecular weight excluding hydrogens is 352 g/mol. The van der Waals surface area contributed by atoms with E-state index in [0.717, 1.165) is 30.7 Å². The predicted octanol–water partition coefficient (Wildman–Crippen LogP) is 3.28. The summed E-state index contributed by atoms with van der Waals surface area (Å²) < 4.78 is 1.85. The normalized spacial score (nSPS) is 14.8. The van der Waals surface area contributed by atoms with Gasteiger partial charge in [-0.15, -0.1) is 0 Å². The lowest BCUT2D eigenvalue weighted by Crippen LogP contribution is -2.26. The van der Waals surface area contributed by atoms with Crippen LogP contribution in [0.2, 0.25) is 0 Å². The molecule has 0 atom stereocenters. The Kier molecular flexibility index (Phi) is 4.93. The molecule has 28 heavy (non-hydrogen) atoms. The number of nitrogens with zero attached hydrogens (tertiary/aromatic N) is 3. The molecule has 0 aliphatic heterocycles. The van der Waals surface area contributed by atoms with Crippen LogP contribution in [0.25, 0.3) is 17.0 Å². The Hall–Kier alpha value is -3.41. The highest BCUT2D eigenvalue weighted by molar-refractivity contribution is 5.95. The minimum atomic E-state index is 0.00907. The van der Waals surface area contributed by atoms with Crippen molar-refractivity contribution in [3.05, 3.63) is 81.9 Å². The first-order chi connectivity index (χ1) is 13.7. The molecule has 2 aromatic carbocycles. The summed E-state index contributed by atoms with van der Waals surface area (Å²) in [7, 11) is 0. The van der Waals surface area contributed by atoms with Gasteiger partial charge >= 0.3 is 0 Å². The van der Waals surface area contributed by atoms with Crippen LogP contribution in [0.4, 0.5) is 0 Å². The van der Waals surface area contributed by atoms with Gasteiger partial charge in [-0.2, -0.15) is 0 Å². The molecule has 6 heteroatoms. The largest absolute Gasteiger partial charge is 0.409 e. The Balaban J connectivity index is 1.71. The molecule has 142 valence electrons. The number of rotatable bonds is 6. The van der Waals surface area contributed by atoms with Crippen molar-refractivity contribution in [3.63, 3.8) is 0 Å². The molecule has 6 nitrogen and oxygen atoms in total. The van der Waals surface area contributed by atoms with Crippen LogP contribution >= 0.6 is 0 Å². The zero-order valence-electron chi connectivity index (χ0n) is 15.5. The van der Waals surface area contributed by atoms with Gasteiger partial charge in [0, 0.05) is 12.5 Å². The molecule has 4 rings (SSSR count). The third-order valence-electron chi connectivity index (χ3n) is 4.98. The van der Waals surface area contributed by atoms with Crippen molar-refractivity contribution >= 4 is 22.8 Å². The van der Waals surface area contributed by atoms with Crippen molar-refractivity contribution in [2.75, 3.05) is 0 Å². The molecule has 0 saturated heterocycles. The SMILES string of the molecule is NC(/C=C/c1ccc2c(=O)n(CCc3ccccc3)c(C3CC3)nc2c1)=NO. The highest BCUT2D eigenvalue weighted by Gasteiger charge is 2.29. The van der Waals surface area contributed by atoms with Crippen molar-refractivity contribution in [2.45, 2.75) is 31.7 Å². The molecule has 0 amide bonds. The highest BCUT2D eigenvalue weighted by Crippen LogP contribution is 2.39. The maximum Gasteiger partial charge on any atom is 0.261 e. The fourth-order valence-corrected chi connectivity index (χ4v) is 3.33. The number of aryl methyl sites for hydroxylation is 1. The van der Waals surface area contributed by atoms with E-state index in [9.17, 15) is 4.79 Å². The molecule has 0 unspecified atom stereocenters. The number of hydrogen-bond donors (Lipinski definition) is 2. The van der Waals surface area contributed by atoms with E-state index in [2.05, 4.69) is 17.3 Å². The molecule has 0 spiro atoms. The quantitative estimate of drug-likeness (QED) is 0.300. The van der Waals surface area contributed by atoms with Crippen LogP contribution in [0.1, 0.15) is 35.7 Å². The van der Waals surface area contributed by atoms with Crippen molar-refractivity contribution in [3.8, 4) is 0 Å². The van der Waals surface area contributed by atoms with Crippen LogP contribution in [0.3, 0.4) is 0 Å². The number of oxime groups is 1. The Morgan fingerprint density at radius 3 is 2.75 bits per heavy atom. The second-order valence-electron chi connectivity index (χ2n) is 7.07. The summed E-state index contributed by atoms with van der Waals surface area (Å²) in [6.07, 6.45) is 6.19. The fourth-order valence-electron chi connectivity index (χ4n) is 3.33. The number of benzene rings is 2. The van der Waals surface area contributed by atoms with Gasteiger partial charge in [-0.3, -0.25) is 9.36 Å². The maximum atomic E-state index is 13.2. The van der Waals surface area contributed by atoms with E-state index < -0.39 is 0 Å². The molecule has 1 aliphatic carbocycles. The minimum absolute atomic E-state index is 0.00907. The lowest BCUT2D eigenvalue weighted by Gasteiger charge is -2.13. The van der Waals surface area contributed by atoms with Gasteiger partial charge in [0.25, 0.3) is 5.56 Å². The summed E-state index contributed by atoms with van der Waals surface area (Å²) >= 11 is 0. The van der Waals surface area contributed by atoms with E-state index in [4.69, 9.17) is 15.9 Å². The Morgan fingerprint density at radius 1 is 1.25 bits per heavy atom. The average molecular weight is 374 g/mol. The number of hydrogen-bond acceptors (Lipinski definition) is 4. The van der Waals surface area contributed by atoms with Crippen LogP contribution in [0.5, 0.6) is 0 Å². The molecule has 3 N–H and O–H groups in total. The monoisotopic (exact) mass is 374 g/mol. The van der Waals surface area contributed by atoms with E-state index in [0.29, 0.717) is 23.4 Å². The molecule has 1 aromatic heterocycles. The average Bonchev–Trinajstić information content (AvgIpc) is 3.57. The van der Waals surface area contributed by atoms with Crippen molar-refractivity contribution in [2.24, 2.45) is 10.9 Å². The fraction of sp³-hybridized carbons (Fsp3) is 0.227. The third-order valence-corrected chi connectivity index (χ3v) is 4.98. The van der Waals surface area contributed by atoms with Gasteiger partial charge in [-0.05, 0) is 48.6 Å². The molecule has 0 radical (unpaired) electrons. The van der Waals surface area contributed by atoms with E-state index in [1.807, 2.05) is 34.9 Å². The first-order valence-electron chi connectivity index (χ1n) is 9.40. The smallest absolute Gasteiger partial charge is 0.261 e. The van der Waals surface area contributed by atoms with E-state index in [1.165, 1.54) is 11.6 Å². The van der Waals surface area contributed by atoms with Gasteiger partial charge in [-0.25, -0.2) is 4.98 Å². The lowest BCUT2D eigenvalue weighted by atomic mass is 10.1. The minimum Gasteiger partial charge on any atom is -0.409 e. The predicted molar refractivity (Wildman–Crippen MR) is 111 cm³/mol. The van der Waals surface area contributed by atoms with Crippen LogP contribution in [0.15, 0.2) is 64.6 Å². The van der Waals surface area contributed by atoms with E-state index in [-0.39, 0.29) is 11.4 Å². The van der Waals surface area contributed by atoms with E-state index >= 15 is 0 Å². The molecule has 1 fully saturated rings. The molecule has 1 heterocycles. The second-order valence-corrected chi connectivity index (χ2v) is 7.07. The maximum absolute atomic E-state index is 13.2. The number of nitrogens with two attached hydrogens (primary N) is 1. The summed E-state index contributed by atoms with van der Waals surface area (Å²) in [5, 5.41) is 12.2. The standard InChI is InChI=1S/C22H22N4O2/c23-20(25-28)11-7-16-6-10-18-19(14-16)24-21(17-8-9-17)26(22(18)27)13-12-15-4-2-1-3-5-15/h1-7,10-11,14,17,28H,8-9,12-13H2,(H2,23,25)/b11-7+. The molecule has 3 aromatic rings. The number of amidine groups is 1. The molecule has 0 bridgehead atoms. The Bertz CT molecular complexity index is 1110. The first kappa shape index (κ1) is 18.0. The van der Waals surface area contributed by atoms with Gasteiger partial charge in [0.2, 0.25) is 0 Å². The van der Waals surface area contributed by atoms with Gasteiger partial charge in [0.15, 0.2) is 5.84 Å². The van der Waals surface area contributed by atoms with Crippen LogP contribution < -0.4 is 11.3 Å². The van der Waals surface area contributed by atoms with E-state index in [1.54, 1.807) is 12.1 Å². The number of fused-ring (bicyclic) bond motifs is 1. The summed E-state index contributed by atoms with van der Waals surface area (Å²) in [6, 6.07) is 15.7. The van der Waals surface area contributed by atoms with Gasteiger partial charge in [-0.1, -0.05) is 47.6 Å². The summed E-state index contributed by atoms with van der Waals surface area (Å²) in [5.74, 6) is 1.26. The van der Waals surface area contributed by atoms with Crippen molar-refractivity contribution in [1.29, 1.82) is 0 Å². The van der Waals surface area contributed by atoms with Gasteiger partial charge < -0.3 is 10.9 Å². The topological polar surface area (TPSA) is 93.5 Å². The third kappa shape index (κ3) is 3.81. The van der Waals surface area contributed by atoms with Gasteiger partial charge in [0.1, 0.15) is 5.82 Å². The molecule has 1 aliphatic rings. The van der Waals surface area contributed by atoms with Crippen LogP contribution in [-0.2, 0) is 13.0 Å². The lowest BCUT2D eigenvalue weighted by molar-refractivity contribution is 0.319. The van der Waals surface area contributed by atoms with Crippen LogP contribution in [-0.4, -0.2) is 20.6 Å². The van der Waals surface area contributed by atoms with Crippen LogP contribution in [0, 0.1) is 0 Å². The highest BCUT2D eigenvalue weighted by atomic mass is 16.4. The summed E-state index contributed by atoms with van der Waals surface area (Å²) in [4.78, 5) is 18.0.